The monoisotopic (exact) mass is 376 g/mol. The van der Waals surface area contributed by atoms with E-state index in [0.29, 0.717) is 33.2 Å². The quantitative estimate of drug-likeness (QED) is 0.549. The predicted octanol–water partition coefficient (Wildman–Crippen LogP) is 3.94. The second-order valence-electron chi connectivity index (χ2n) is 6.37. The van der Waals surface area contributed by atoms with Gasteiger partial charge in [-0.15, -0.1) is 0 Å². The molecular formula is C22H17FN2O3. The first kappa shape index (κ1) is 17.7. The van der Waals surface area contributed by atoms with Gasteiger partial charge in [-0.05, 0) is 54.6 Å². The molecular weight excluding hydrogens is 359 g/mol. The summed E-state index contributed by atoms with van der Waals surface area (Å²) in [6.45, 7) is 0.000991. The molecule has 6 heteroatoms. The Hall–Kier alpha value is -3.67. The van der Waals surface area contributed by atoms with Crippen molar-refractivity contribution in [1.82, 2.24) is 4.57 Å². The van der Waals surface area contributed by atoms with E-state index in [2.05, 4.69) is 5.32 Å². The van der Waals surface area contributed by atoms with Gasteiger partial charge in [0.25, 0.3) is 0 Å². The van der Waals surface area contributed by atoms with Gasteiger partial charge in [-0.25, -0.2) is 4.39 Å². The number of nitrogens with one attached hydrogen (secondary N) is 1. The summed E-state index contributed by atoms with van der Waals surface area (Å²) in [5, 5.41) is 3.76. The number of hydrogen-bond acceptors (Lipinski definition) is 3. The standard InChI is InChI=1S/C22H17FN2O3/c1-28-16-10-11-20-18(12-16)22(27)17-4-2-3-5-19(17)25(20)13-21(26)24-15-8-6-14(23)7-9-15/h2-12H,13H2,1H3,(H,24,26). The molecule has 0 unspecified atom stereocenters. The second-order valence-corrected chi connectivity index (χ2v) is 6.37. The maximum atomic E-state index is 13.1. The molecule has 0 spiro atoms. The van der Waals surface area contributed by atoms with Gasteiger partial charge >= 0.3 is 0 Å². The minimum atomic E-state index is -0.371. The van der Waals surface area contributed by atoms with Crippen LogP contribution in [-0.2, 0) is 11.3 Å². The number of methoxy groups -OCH3 is 1. The van der Waals surface area contributed by atoms with Gasteiger partial charge in [-0.1, -0.05) is 12.1 Å². The number of carbonyl (C=O) groups excluding carboxylic acids is 1. The van der Waals surface area contributed by atoms with Crippen molar-refractivity contribution in [2.24, 2.45) is 0 Å². The highest BCUT2D eigenvalue weighted by molar-refractivity contribution is 5.97. The number of anilines is 1. The van der Waals surface area contributed by atoms with Crippen LogP contribution < -0.4 is 15.5 Å². The Bertz CT molecular complexity index is 1250. The molecule has 0 saturated heterocycles. The maximum Gasteiger partial charge on any atom is 0.244 e. The van der Waals surface area contributed by atoms with Crippen LogP contribution in [0.25, 0.3) is 21.8 Å². The largest absolute Gasteiger partial charge is 0.497 e. The van der Waals surface area contributed by atoms with E-state index < -0.39 is 0 Å². The molecule has 1 amide bonds. The number of pyridine rings is 1. The average molecular weight is 376 g/mol. The third kappa shape index (κ3) is 3.20. The summed E-state index contributed by atoms with van der Waals surface area (Å²) in [6.07, 6.45) is 0. The van der Waals surface area contributed by atoms with Crippen molar-refractivity contribution in [1.29, 1.82) is 0 Å². The molecule has 1 aromatic heterocycles. The Morgan fingerprint density at radius 3 is 2.46 bits per heavy atom. The first-order valence-corrected chi connectivity index (χ1v) is 8.71. The number of ether oxygens (including phenoxy) is 1. The van der Waals surface area contributed by atoms with E-state index in [-0.39, 0.29) is 23.7 Å². The zero-order valence-electron chi connectivity index (χ0n) is 15.1. The molecule has 0 fully saturated rings. The smallest absolute Gasteiger partial charge is 0.244 e. The van der Waals surface area contributed by atoms with Crippen LogP contribution in [0.15, 0.2) is 71.5 Å². The molecule has 3 aromatic carbocycles. The van der Waals surface area contributed by atoms with E-state index >= 15 is 0 Å². The topological polar surface area (TPSA) is 60.3 Å². The van der Waals surface area contributed by atoms with Crippen LogP contribution in [0.5, 0.6) is 5.75 Å². The molecule has 0 aliphatic rings. The van der Waals surface area contributed by atoms with Crippen LogP contribution in [0.4, 0.5) is 10.1 Å². The van der Waals surface area contributed by atoms with Crippen molar-refractivity contribution >= 4 is 33.4 Å². The molecule has 4 rings (SSSR count). The van der Waals surface area contributed by atoms with E-state index in [1.54, 1.807) is 34.9 Å². The van der Waals surface area contributed by atoms with Crippen LogP contribution in [0.3, 0.4) is 0 Å². The number of rotatable bonds is 4. The number of carbonyl (C=O) groups is 1. The number of amides is 1. The van der Waals surface area contributed by atoms with Crippen molar-refractivity contribution in [3.63, 3.8) is 0 Å². The van der Waals surface area contributed by atoms with Gasteiger partial charge < -0.3 is 14.6 Å². The van der Waals surface area contributed by atoms with Crippen LogP contribution in [0, 0.1) is 5.82 Å². The molecule has 0 aliphatic heterocycles. The third-order valence-electron chi connectivity index (χ3n) is 4.61. The minimum Gasteiger partial charge on any atom is -0.497 e. The lowest BCUT2D eigenvalue weighted by molar-refractivity contribution is -0.116. The third-order valence-corrected chi connectivity index (χ3v) is 4.61. The molecule has 0 atom stereocenters. The molecule has 0 radical (unpaired) electrons. The van der Waals surface area contributed by atoms with Gasteiger partial charge in [0.2, 0.25) is 5.91 Å². The summed E-state index contributed by atoms with van der Waals surface area (Å²) in [6, 6.07) is 17.9. The van der Waals surface area contributed by atoms with Crippen molar-refractivity contribution < 1.29 is 13.9 Å². The van der Waals surface area contributed by atoms with Gasteiger partial charge in [0.05, 0.1) is 18.1 Å². The molecule has 0 saturated carbocycles. The highest BCUT2D eigenvalue weighted by atomic mass is 19.1. The fourth-order valence-corrected chi connectivity index (χ4v) is 3.28. The number of benzene rings is 3. The highest BCUT2D eigenvalue weighted by Gasteiger charge is 2.14. The number of aromatic nitrogens is 1. The van der Waals surface area contributed by atoms with Gasteiger partial charge in [0, 0.05) is 16.5 Å². The fraction of sp³-hybridized carbons (Fsp3) is 0.0909. The van der Waals surface area contributed by atoms with Crippen LogP contribution >= 0.6 is 0 Å². The van der Waals surface area contributed by atoms with Crippen molar-refractivity contribution in [3.05, 3.63) is 82.8 Å². The van der Waals surface area contributed by atoms with E-state index in [1.165, 1.54) is 31.4 Å². The molecule has 0 aliphatic carbocycles. The Morgan fingerprint density at radius 1 is 1.00 bits per heavy atom. The predicted molar refractivity (Wildman–Crippen MR) is 107 cm³/mol. The van der Waals surface area contributed by atoms with E-state index in [9.17, 15) is 14.0 Å². The number of nitrogens with zero attached hydrogens (tertiary/aromatic N) is 1. The Kier molecular flexibility index (Phi) is 4.53. The van der Waals surface area contributed by atoms with Gasteiger partial charge in [0.15, 0.2) is 5.43 Å². The summed E-state index contributed by atoms with van der Waals surface area (Å²) in [5.74, 6) is -0.0796. The second kappa shape index (κ2) is 7.15. The van der Waals surface area contributed by atoms with Crippen LogP contribution in [0.2, 0.25) is 0 Å². The Balaban J connectivity index is 1.82. The SMILES string of the molecule is COc1ccc2c(c1)c(=O)c1ccccc1n2CC(=O)Nc1ccc(F)cc1. The lowest BCUT2D eigenvalue weighted by atomic mass is 10.1. The number of hydrogen-bond donors (Lipinski definition) is 1. The van der Waals surface area contributed by atoms with E-state index in [0.717, 1.165) is 0 Å². The zero-order chi connectivity index (χ0) is 19.7. The fourth-order valence-electron chi connectivity index (χ4n) is 3.28. The summed E-state index contributed by atoms with van der Waals surface area (Å²) in [4.78, 5) is 25.5. The maximum absolute atomic E-state index is 13.1. The lowest BCUT2D eigenvalue weighted by Gasteiger charge is -2.15. The molecule has 1 N–H and O–H groups in total. The molecule has 5 nitrogen and oxygen atoms in total. The van der Waals surface area contributed by atoms with E-state index in [1.807, 2.05) is 12.1 Å². The molecule has 28 heavy (non-hydrogen) atoms. The van der Waals surface area contributed by atoms with Crippen molar-refractivity contribution in [2.45, 2.75) is 6.54 Å². The summed E-state index contributed by atoms with van der Waals surface area (Å²) in [5.41, 5.74) is 1.69. The first-order chi connectivity index (χ1) is 13.6. The summed E-state index contributed by atoms with van der Waals surface area (Å²) >= 11 is 0. The normalized spacial score (nSPS) is 10.9. The van der Waals surface area contributed by atoms with Gasteiger partial charge in [0.1, 0.15) is 18.1 Å². The Labute approximate surface area is 160 Å². The van der Waals surface area contributed by atoms with E-state index in [4.69, 9.17) is 4.74 Å². The lowest BCUT2D eigenvalue weighted by Crippen LogP contribution is -2.21. The number of para-hydroxylation sites is 1. The zero-order valence-corrected chi connectivity index (χ0v) is 15.1. The van der Waals surface area contributed by atoms with Crippen LogP contribution in [0.1, 0.15) is 0 Å². The first-order valence-electron chi connectivity index (χ1n) is 8.71. The van der Waals surface area contributed by atoms with Crippen molar-refractivity contribution in [3.8, 4) is 5.75 Å². The molecule has 1 heterocycles. The Morgan fingerprint density at radius 2 is 1.71 bits per heavy atom. The van der Waals surface area contributed by atoms with Gasteiger partial charge in [-0.3, -0.25) is 9.59 Å². The summed E-state index contributed by atoms with van der Waals surface area (Å²) < 4.78 is 20.1. The number of halogens is 1. The molecule has 4 aromatic rings. The van der Waals surface area contributed by atoms with Gasteiger partial charge in [-0.2, -0.15) is 0 Å². The average Bonchev–Trinajstić information content (AvgIpc) is 2.72. The summed E-state index contributed by atoms with van der Waals surface area (Å²) in [7, 11) is 1.54. The molecule has 0 bridgehead atoms. The highest BCUT2D eigenvalue weighted by Crippen LogP contribution is 2.23. The number of fused-ring (bicyclic) bond motifs is 2. The van der Waals surface area contributed by atoms with Crippen molar-refractivity contribution in [2.75, 3.05) is 12.4 Å². The van der Waals surface area contributed by atoms with Crippen LogP contribution in [-0.4, -0.2) is 17.6 Å². The minimum absolute atomic E-state index is 0.000991. The molecule has 140 valence electrons.